The first-order chi connectivity index (χ1) is 71.9. The Bertz CT molecular complexity index is 5320. The lowest BCUT2D eigenvalue weighted by atomic mass is 9.99. The number of esters is 3. The molecule has 0 saturated carbocycles. The maximum absolute atomic E-state index is 10.7. The van der Waals surface area contributed by atoms with Crippen LogP contribution < -0.4 is 52.1 Å². The third kappa shape index (κ3) is 50.8. The molecule has 20 heteroatoms. The van der Waals surface area contributed by atoms with Crippen LogP contribution in [0.1, 0.15) is 350 Å². The van der Waals surface area contributed by atoms with Gasteiger partial charge in [0.25, 0.3) is 0 Å². The van der Waals surface area contributed by atoms with Gasteiger partial charge in [0.15, 0.2) is 18.9 Å². The highest BCUT2D eigenvalue weighted by atomic mass is 16.7. The Morgan fingerprint density at radius 3 is 0.673 bits per heavy atom. The maximum Gasteiger partial charge on any atom is 0.308 e. The number of aryl methyl sites for hydroxylation is 1. The van der Waals surface area contributed by atoms with Crippen molar-refractivity contribution >= 4 is 17.9 Å². The number of hydrogen-bond acceptors (Lipinski definition) is 20. The zero-order valence-corrected chi connectivity index (χ0v) is 95.2. The fraction of sp³-hybridized carbons (Fsp3) is 0.423. The quantitative estimate of drug-likeness (QED) is 0.0139. The van der Waals surface area contributed by atoms with E-state index in [9.17, 15) is 14.4 Å². The molecular weight excluding hydrogens is 1880 g/mol. The summed E-state index contributed by atoms with van der Waals surface area (Å²) >= 11 is 0. The monoisotopic (exact) mass is 2060 g/mol. The standard InChI is InChI=1S/C23H32O4.C21H28O4.C20H26O3.3C12H16O2.3C10H14O/c1-6-17(2)19-9-12-21(13-10-19)27-18(3)26-15-7-8-20-11-14-22(24-4)16-23(20)25-5;1-6-15(2)17-7-10-19(11-8-17)25-16(3)24-14-18-9-12-20(22-4)13-21(18)23-5;1-5-15(2)18-8-12-20(13-9-18)23-16(3)22-14-17-6-10-19(21-4)11-7-17;3*1-4-9(2)11-5-7-12(8-6-11)14-10(3)13;3*1-3-8(2)9-4-6-10(11)7-5-9/h9-14,16-18H,6-8,15H2,1-5H3;7-13,15-16H,6,14H2,1-5H3;6-13,15-16H,5,14H2,1-4H3;3*5-9H,4H2,1-3H3;3*4-8,11H,3H2,1-2H3. The summed E-state index contributed by atoms with van der Waals surface area (Å²) in [6.07, 6.45) is 11.0. The molecule has 0 amide bonds. The summed E-state index contributed by atoms with van der Waals surface area (Å²) in [5.41, 5.74) is 14.9. The molecule has 12 unspecified atom stereocenters. The average molecular weight is 2060 g/mol. The highest BCUT2D eigenvalue weighted by Crippen LogP contribution is 2.34. The van der Waals surface area contributed by atoms with Crippen molar-refractivity contribution in [3.05, 3.63) is 346 Å². The summed E-state index contributed by atoms with van der Waals surface area (Å²) in [7, 11) is 8.26. The van der Waals surface area contributed by atoms with Crippen LogP contribution in [0.5, 0.6) is 80.5 Å². The molecule has 12 atom stereocenters. The van der Waals surface area contributed by atoms with Crippen molar-refractivity contribution in [1.82, 2.24) is 0 Å². The van der Waals surface area contributed by atoms with Crippen LogP contribution in [0.15, 0.2) is 279 Å². The molecule has 20 nitrogen and oxygen atoms in total. The smallest absolute Gasteiger partial charge is 0.308 e. The number of carbonyl (C=O) groups excluding carboxylic acids is 3. The predicted octanol–water partition coefficient (Wildman–Crippen LogP) is 34.0. The van der Waals surface area contributed by atoms with E-state index in [4.69, 9.17) is 81.6 Å². The zero-order valence-electron chi connectivity index (χ0n) is 95.2. The van der Waals surface area contributed by atoms with Gasteiger partial charge in [-0.3, -0.25) is 14.4 Å². The Balaban J connectivity index is 0.000000358. The van der Waals surface area contributed by atoms with E-state index in [2.05, 4.69) is 161 Å². The van der Waals surface area contributed by atoms with Crippen molar-refractivity contribution in [1.29, 1.82) is 0 Å². The number of carbonyl (C=O) groups is 3. The first-order valence-corrected chi connectivity index (χ1v) is 53.3. The minimum absolute atomic E-state index is 0.277. The maximum atomic E-state index is 10.7. The minimum atomic E-state index is -0.360. The molecule has 0 spiro atoms. The summed E-state index contributed by atoms with van der Waals surface area (Å²) < 4.78 is 76.1. The van der Waals surface area contributed by atoms with Crippen LogP contribution >= 0.6 is 0 Å². The second-order valence-electron chi connectivity index (χ2n) is 37.6. The number of rotatable bonds is 43. The van der Waals surface area contributed by atoms with Crippen molar-refractivity contribution in [3.63, 3.8) is 0 Å². The predicted molar refractivity (Wildman–Crippen MR) is 611 cm³/mol. The van der Waals surface area contributed by atoms with Gasteiger partial charge in [-0.1, -0.05) is 252 Å². The Morgan fingerprint density at radius 1 is 0.233 bits per heavy atom. The van der Waals surface area contributed by atoms with Gasteiger partial charge in [0.2, 0.25) is 0 Å². The van der Waals surface area contributed by atoms with Crippen molar-refractivity contribution in [2.45, 2.75) is 322 Å². The molecule has 0 heterocycles. The van der Waals surface area contributed by atoms with Gasteiger partial charge in [0.05, 0.1) is 55.4 Å². The topological polar surface area (TPSA) is 241 Å². The van der Waals surface area contributed by atoms with Crippen LogP contribution in [0.3, 0.4) is 0 Å². The first-order valence-electron chi connectivity index (χ1n) is 53.3. The van der Waals surface area contributed by atoms with Crippen LogP contribution in [0, 0.1) is 0 Å². The molecule has 0 saturated heterocycles. The van der Waals surface area contributed by atoms with Gasteiger partial charge >= 0.3 is 17.9 Å². The Labute approximate surface area is 899 Å². The molecular formula is C130H176O20. The first kappa shape index (κ1) is 129. The van der Waals surface area contributed by atoms with E-state index >= 15 is 0 Å². The van der Waals surface area contributed by atoms with E-state index < -0.39 is 0 Å². The second kappa shape index (κ2) is 73.0. The highest BCUT2D eigenvalue weighted by Gasteiger charge is 2.17. The SMILES string of the molecule is CCC(C)c1ccc(O)cc1.CCC(C)c1ccc(O)cc1.CCC(C)c1ccc(O)cc1.CCC(C)c1ccc(OC(C)=O)cc1.CCC(C)c1ccc(OC(C)=O)cc1.CCC(C)c1ccc(OC(C)=O)cc1.CCC(C)c1ccc(OC(C)OCCCc2ccc(OC)cc2OC)cc1.CCC(C)c1ccc(OC(C)OCc2ccc(OC)cc2)cc1.CCC(C)c1ccc(OC(C)OCc2ccc(OC)cc2OC)cc1. The van der Waals surface area contributed by atoms with Crippen LogP contribution in [0.4, 0.5) is 0 Å². The largest absolute Gasteiger partial charge is 0.508 e. The minimum Gasteiger partial charge on any atom is -0.508 e. The Kier molecular flexibility index (Phi) is 62.8. The number of methoxy groups -OCH3 is 5. The fourth-order valence-corrected chi connectivity index (χ4v) is 14.6. The summed E-state index contributed by atoms with van der Waals surface area (Å²) in [5.74, 6) is 13.7. The van der Waals surface area contributed by atoms with E-state index in [0.717, 1.165) is 133 Å². The van der Waals surface area contributed by atoms with Gasteiger partial charge in [0, 0.05) is 38.5 Å². The molecule has 0 aliphatic rings. The van der Waals surface area contributed by atoms with E-state index in [1.54, 1.807) is 71.9 Å². The molecule has 12 aromatic rings. The molecule has 0 aliphatic heterocycles. The van der Waals surface area contributed by atoms with Gasteiger partial charge < -0.3 is 81.6 Å². The summed E-state index contributed by atoms with van der Waals surface area (Å²) in [4.78, 5) is 32.0. The Morgan fingerprint density at radius 2 is 0.440 bits per heavy atom. The van der Waals surface area contributed by atoms with E-state index in [-0.39, 0.29) is 36.8 Å². The summed E-state index contributed by atoms with van der Waals surface area (Å²) in [6.45, 7) is 50.8. The normalized spacial score (nSPS) is 12.9. The van der Waals surface area contributed by atoms with E-state index in [1.165, 1.54) is 70.8 Å². The van der Waals surface area contributed by atoms with Crippen LogP contribution in [0.2, 0.25) is 0 Å². The highest BCUT2D eigenvalue weighted by molar-refractivity contribution is 5.70. The summed E-state index contributed by atoms with van der Waals surface area (Å²) in [5, 5.41) is 27.0. The van der Waals surface area contributed by atoms with Gasteiger partial charge in [-0.15, -0.1) is 0 Å². The fourth-order valence-electron chi connectivity index (χ4n) is 14.6. The summed E-state index contributed by atoms with van der Waals surface area (Å²) in [6, 6.07) is 89.5. The van der Waals surface area contributed by atoms with Crippen LogP contribution in [-0.4, -0.2) is 94.3 Å². The molecule has 150 heavy (non-hydrogen) atoms. The van der Waals surface area contributed by atoms with E-state index in [0.29, 0.717) is 108 Å². The third-order valence-corrected chi connectivity index (χ3v) is 26.3. The molecule has 0 aliphatic carbocycles. The number of benzene rings is 12. The number of phenols is 3. The Hall–Kier alpha value is -13.3. The lowest BCUT2D eigenvalue weighted by molar-refractivity contribution is -0.132. The van der Waals surface area contributed by atoms with Crippen molar-refractivity contribution in [2.75, 3.05) is 42.2 Å². The number of hydrogen-bond donors (Lipinski definition) is 3. The molecule has 12 rings (SSSR count). The molecule has 0 aromatic heterocycles. The van der Waals surface area contributed by atoms with Crippen molar-refractivity contribution in [2.24, 2.45) is 0 Å². The van der Waals surface area contributed by atoms with Gasteiger partial charge in [0.1, 0.15) is 80.5 Å². The lowest BCUT2D eigenvalue weighted by Crippen LogP contribution is -2.17. The number of ether oxygens (including phenoxy) is 14. The molecule has 0 fully saturated rings. The van der Waals surface area contributed by atoms with Gasteiger partial charge in [-0.2, -0.15) is 0 Å². The molecule has 12 aromatic carbocycles. The van der Waals surface area contributed by atoms with Crippen LogP contribution in [-0.2, 0) is 48.2 Å². The lowest BCUT2D eigenvalue weighted by Gasteiger charge is -2.17. The van der Waals surface area contributed by atoms with Gasteiger partial charge in [-0.05, 0) is 345 Å². The number of aromatic hydroxyl groups is 3. The van der Waals surface area contributed by atoms with Crippen molar-refractivity contribution in [3.8, 4) is 80.5 Å². The third-order valence-electron chi connectivity index (χ3n) is 26.3. The second-order valence-corrected chi connectivity index (χ2v) is 37.6. The zero-order chi connectivity index (χ0) is 111. The molecule has 0 radical (unpaired) electrons. The van der Waals surface area contributed by atoms with E-state index in [1.807, 2.05) is 227 Å². The number of phenolic OH excluding ortho intramolecular Hbond substituents is 3. The van der Waals surface area contributed by atoms with Crippen LogP contribution in [0.25, 0.3) is 0 Å². The average Bonchev–Trinajstić information content (AvgIpc) is 0.859. The molecule has 816 valence electrons. The molecule has 3 N–H and O–H groups in total. The van der Waals surface area contributed by atoms with Crippen molar-refractivity contribution < 1.29 is 96.0 Å². The van der Waals surface area contributed by atoms with Gasteiger partial charge in [-0.25, -0.2) is 0 Å². The molecule has 0 bridgehead atoms.